The summed E-state index contributed by atoms with van der Waals surface area (Å²) < 4.78 is 40.3. The third kappa shape index (κ3) is 5.07. The van der Waals surface area contributed by atoms with Crippen LogP contribution >= 0.6 is 11.6 Å². The molecular weight excluding hydrogens is 538 g/mol. The van der Waals surface area contributed by atoms with Gasteiger partial charge in [-0.15, -0.1) is 10.2 Å². The number of benzene rings is 1. The fraction of sp³-hybridized carbons (Fsp3) is 0.292. The summed E-state index contributed by atoms with van der Waals surface area (Å²) in [6, 6.07) is 4.21. The van der Waals surface area contributed by atoms with Crippen LogP contribution in [-0.4, -0.2) is 60.9 Å². The molecule has 0 unspecified atom stereocenters. The molecule has 5 rings (SSSR count). The average molecular weight is 559 g/mol. The van der Waals surface area contributed by atoms with Crippen molar-refractivity contribution in [3.05, 3.63) is 64.3 Å². The Morgan fingerprint density at radius 3 is 2.54 bits per heavy atom. The van der Waals surface area contributed by atoms with E-state index in [4.69, 9.17) is 20.9 Å². The predicted octanol–water partition coefficient (Wildman–Crippen LogP) is 2.54. The quantitative estimate of drug-likeness (QED) is 0.349. The molecule has 0 radical (unpaired) electrons. The molecular formula is C24H21ClF2N8O4. The fourth-order valence-electron chi connectivity index (χ4n) is 4.05. The second-order valence-corrected chi connectivity index (χ2v) is 9.50. The molecule has 2 N–H and O–H groups in total. The fourth-order valence-corrected chi connectivity index (χ4v) is 4.25. The predicted molar refractivity (Wildman–Crippen MR) is 131 cm³/mol. The molecule has 1 atom stereocenters. The molecule has 1 fully saturated rings. The molecule has 0 spiro atoms. The van der Waals surface area contributed by atoms with Crippen LogP contribution in [0, 0.1) is 18.6 Å². The van der Waals surface area contributed by atoms with Crippen molar-refractivity contribution in [3.8, 4) is 22.5 Å². The Bertz CT molecular complexity index is 1590. The van der Waals surface area contributed by atoms with E-state index in [-0.39, 0.29) is 52.2 Å². The lowest BCUT2D eigenvalue weighted by atomic mass is 9.95. The molecule has 1 aliphatic heterocycles. The van der Waals surface area contributed by atoms with Gasteiger partial charge in [0.2, 0.25) is 11.6 Å². The maximum atomic E-state index is 15.3. The summed E-state index contributed by atoms with van der Waals surface area (Å²) in [5, 5.41) is 20.6. The molecule has 1 aliphatic rings. The Hall–Kier alpha value is -4.30. The van der Waals surface area contributed by atoms with Crippen LogP contribution in [0.5, 0.6) is 0 Å². The van der Waals surface area contributed by atoms with Crippen LogP contribution in [-0.2, 0) is 16.6 Å². The number of pyridine rings is 1. The van der Waals surface area contributed by atoms with Gasteiger partial charge >= 0.3 is 0 Å². The van der Waals surface area contributed by atoms with Gasteiger partial charge in [0, 0.05) is 22.8 Å². The van der Waals surface area contributed by atoms with E-state index in [0.717, 1.165) is 16.9 Å². The number of aromatic nitrogens is 6. The highest BCUT2D eigenvalue weighted by Gasteiger charge is 2.48. The number of aryl methyl sites for hydroxylation is 2. The Labute approximate surface area is 224 Å². The van der Waals surface area contributed by atoms with Crippen LogP contribution in [0.25, 0.3) is 22.5 Å². The van der Waals surface area contributed by atoms with Gasteiger partial charge in [0.1, 0.15) is 11.6 Å². The number of hydrogen-bond acceptors (Lipinski definition) is 9. The minimum Gasteiger partial charge on any atom is -0.375 e. The van der Waals surface area contributed by atoms with Gasteiger partial charge in [-0.05, 0) is 42.8 Å². The zero-order valence-electron chi connectivity index (χ0n) is 20.8. The molecule has 15 heteroatoms. The van der Waals surface area contributed by atoms with Gasteiger partial charge in [-0.3, -0.25) is 14.6 Å². The third-order valence-corrected chi connectivity index (χ3v) is 6.28. The first kappa shape index (κ1) is 26.3. The van der Waals surface area contributed by atoms with Crippen molar-refractivity contribution in [3.63, 3.8) is 0 Å². The summed E-state index contributed by atoms with van der Waals surface area (Å²) in [5.41, 5.74) is -0.563. The maximum absolute atomic E-state index is 15.3. The lowest BCUT2D eigenvalue weighted by molar-refractivity contribution is -0.147. The van der Waals surface area contributed by atoms with E-state index in [0.29, 0.717) is 5.69 Å². The molecule has 1 saturated heterocycles. The number of amides is 2. The number of halogens is 3. The first-order chi connectivity index (χ1) is 18.6. The summed E-state index contributed by atoms with van der Waals surface area (Å²) >= 11 is 6.07. The molecule has 39 heavy (non-hydrogen) atoms. The van der Waals surface area contributed by atoms with Crippen molar-refractivity contribution < 1.29 is 27.6 Å². The summed E-state index contributed by atoms with van der Waals surface area (Å²) in [4.78, 5) is 31.0. The maximum Gasteiger partial charge on any atom is 0.290 e. The van der Waals surface area contributed by atoms with Crippen LogP contribution in [0.15, 0.2) is 35.0 Å². The van der Waals surface area contributed by atoms with Crippen molar-refractivity contribution in [2.45, 2.75) is 25.4 Å². The number of hydrogen-bond donors (Lipinski definition) is 2. The van der Waals surface area contributed by atoms with E-state index in [9.17, 15) is 14.0 Å². The standard InChI is InChI=1S/C24H21ClF2N8O4/c1-11-4-18(39-33-11)22(36)30-24(9-38-10-24)23(37)29-12(2)20-17(27)5-13(8-28-20)15-6-14(25)7-16(26)19(15)21-31-34-35(3)32-21/h4-8,12H,9-10H2,1-3H3,(H,29,37)(H,30,36)/t12-/m1/s1. The monoisotopic (exact) mass is 558 g/mol. The molecule has 0 aliphatic carbocycles. The molecule has 12 nitrogen and oxygen atoms in total. The topological polar surface area (TPSA) is 150 Å². The van der Waals surface area contributed by atoms with E-state index >= 15 is 4.39 Å². The van der Waals surface area contributed by atoms with E-state index < -0.39 is 35.0 Å². The molecule has 2 amide bonds. The highest BCUT2D eigenvalue weighted by molar-refractivity contribution is 6.31. The minimum atomic E-state index is -1.38. The van der Waals surface area contributed by atoms with Crippen LogP contribution in [0.1, 0.15) is 34.9 Å². The van der Waals surface area contributed by atoms with E-state index in [2.05, 4.69) is 36.2 Å². The Morgan fingerprint density at radius 1 is 1.18 bits per heavy atom. The molecule has 0 saturated carbocycles. The third-order valence-electron chi connectivity index (χ3n) is 6.06. The van der Waals surface area contributed by atoms with Gasteiger partial charge in [0.25, 0.3) is 11.8 Å². The van der Waals surface area contributed by atoms with Crippen LogP contribution < -0.4 is 10.6 Å². The summed E-state index contributed by atoms with van der Waals surface area (Å²) in [6.45, 7) is 3.02. The Morgan fingerprint density at radius 2 is 1.95 bits per heavy atom. The number of nitrogens with one attached hydrogen (secondary N) is 2. The summed E-state index contributed by atoms with van der Waals surface area (Å²) in [6.07, 6.45) is 1.32. The van der Waals surface area contributed by atoms with Crippen molar-refractivity contribution in [1.29, 1.82) is 0 Å². The molecule has 4 aromatic rings. The summed E-state index contributed by atoms with van der Waals surface area (Å²) in [7, 11) is 1.52. The number of carbonyl (C=O) groups excluding carboxylic acids is 2. The van der Waals surface area contributed by atoms with Crippen molar-refractivity contribution >= 4 is 23.4 Å². The van der Waals surface area contributed by atoms with E-state index in [1.807, 2.05) is 0 Å². The van der Waals surface area contributed by atoms with Crippen molar-refractivity contribution in [1.82, 2.24) is 41.0 Å². The highest BCUT2D eigenvalue weighted by atomic mass is 35.5. The Kier molecular flexibility index (Phi) is 6.82. The first-order valence-corrected chi connectivity index (χ1v) is 12.0. The van der Waals surface area contributed by atoms with Crippen molar-refractivity contribution in [2.24, 2.45) is 7.05 Å². The minimum absolute atomic E-state index is 0.0117. The molecule has 202 valence electrons. The number of rotatable bonds is 7. The normalized spacial score (nSPS) is 14.9. The lowest BCUT2D eigenvalue weighted by Crippen LogP contribution is -2.70. The lowest BCUT2D eigenvalue weighted by Gasteiger charge is -2.40. The second-order valence-electron chi connectivity index (χ2n) is 9.06. The van der Waals surface area contributed by atoms with Crippen molar-refractivity contribution in [2.75, 3.05) is 13.2 Å². The number of ether oxygens (including phenoxy) is 1. The molecule has 1 aromatic carbocycles. The second kappa shape index (κ2) is 10.1. The van der Waals surface area contributed by atoms with Gasteiger partial charge in [0.05, 0.1) is 43.3 Å². The van der Waals surface area contributed by atoms with Crippen LogP contribution in [0.3, 0.4) is 0 Å². The van der Waals surface area contributed by atoms with Gasteiger partial charge in [0.15, 0.2) is 5.54 Å². The average Bonchev–Trinajstić information content (AvgIpc) is 3.48. The number of tetrazole rings is 1. The summed E-state index contributed by atoms with van der Waals surface area (Å²) in [5.74, 6) is -2.79. The van der Waals surface area contributed by atoms with Gasteiger partial charge in [-0.1, -0.05) is 16.8 Å². The Balaban J connectivity index is 1.37. The molecule has 4 heterocycles. The van der Waals surface area contributed by atoms with E-state index in [1.54, 1.807) is 6.92 Å². The molecule has 3 aromatic heterocycles. The largest absolute Gasteiger partial charge is 0.375 e. The SMILES string of the molecule is Cc1cc(C(=O)NC2(C(=O)N[C@H](C)c3ncc(-c4cc(Cl)cc(F)c4-c4nnn(C)n4)cc3F)COC2)on1. The smallest absolute Gasteiger partial charge is 0.290 e. The van der Waals surface area contributed by atoms with Gasteiger partial charge < -0.3 is 19.9 Å². The van der Waals surface area contributed by atoms with E-state index in [1.165, 1.54) is 32.3 Å². The number of carbonyl (C=O) groups is 2. The zero-order chi connectivity index (χ0) is 27.9. The number of nitrogens with zero attached hydrogens (tertiary/aromatic N) is 6. The zero-order valence-corrected chi connectivity index (χ0v) is 21.6. The van der Waals surface area contributed by atoms with Gasteiger partial charge in [-0.2, -0.15) is 4.80 Å². The van der Waals surface area contributed by atoms with Crippen LogP contribution in [0.4, 0.5) is 8.78 Å². The van der Waals surface area contributed by atoms with Gasteiger partial charge in [-0.25, -0.2) is 8.78 Å². The van der Waals surface area contributed by atoms with Crippen LogP contribution in [0.2, 0.25) is 5.02 Å². The highest BCUT2D eigenvalue weighted by Crippen LogP contribution is 2.35. The first-order valence-electron chi connectivity index (χ1n) is 11.6. The molecule has 0 bridgehead atoms.